The molecule has 3 nitrogen and oxygen atoms in total. The van der Waals surface area contributed by atoms with Crippen LogP contribution < -0.4 is 5.32 Å². The Morgan fingerprint density at radius 3 is 2.78 bits per heavy atom. The molecule has 0 bridgehead atoms. The van der Waals surface area contributed by atoms with Gasteiger partial charge in [-0.3, -0.25) is 0 Å². The minimum absolute atomic E-state index is 0.435. The SMILES string of the molecule is CCNCC1CCC(CN(C)C(C)CCSC)O1. The normalized spacial score (nSPS) is 25.8. The van der Waals surface area contributed by atoms with Crippen molar-refractivity contribution in [1.29, 1.82) is 0 Å². The Hall–Kier alpha value is 0.230. The molecule has 3 unspecified atom stereocenters. The lowest BCUT2D eigenvalue weighted by molar-refractivity contribution is 0.0219. The van der Waals surface area contributed by atoms with Crippen molar-refractivity contribution in [3.05, 3.63) is 0 Å². The van der Waals surface area contributed by atoms with Crippen molar-refractivity contribution in [1.82, 2.24) is 10.2 Å². The monoisotopic (exact) mass is 274 g/mol. The highest BCUT2D eigenvalue weighted by Gasteiger charge is 2.26. The summed E-state index contributed by atoms with van der Waals surface area (Å²) in [4.78, 5) is 2.45. The maximum Gasteiger partial charge on any atom is 0.0707 e. The number of nitrogens with zero attached hydrogens (tertiary/aromatic N) is 1. The van der Waals surface area contributed by atoms with Crippen LogP contribution in [0.2, 0.25) is 0 Å². The minimum Gasteiger partial charge on any atom is -0.372 e. The summed E-state index contributed by atoms with van der Waals surface area (Å²) in [5.74, 6) is 1.25. The van der Waals surface area contributed by atoms with Gasteiger partial charge in [-0.1, -0.05) is 6.92 Å². The highest BCUT2D eigenvalue weighted by molar-refractivity contribution is 7.98. The smallest absolute Gasteiger partial charge is 0.0707 e. The van der Waals surface area contributed by atoms with Gasteiger partial charge in [0.25, 0.3) is 0 Å². The molecule has 1 aliphatic rings. The molecule has 0 aromatic carbocycles. The van der Waals surface area contributed by atoms with Crippen LogP contribution in [0.5, 0.6) is 0 Å². The van der Waals surface area contributed by atoms with Crippen LogP contribution in [0.1, 0.15) is 33.1 Å². The van der Waals surface area contributed by atoms with Gasteiger partial charge in [-0.05, 0) is 51.8 Å². The largest absolute Gasteiger partial charge is 0.372 e. The van der Waals surface area contributed by atoms with E-state index in [0.29, 0.717) is 18.2 Å². The fourth-order valence-electron chi connectivity index (χ4n) is 2.38. The van der Waals surface area contributed by atoms with Crippen LogP contribution >= 0.6 is 11.8 Å². The highest BCUT2D eigenvalue weighted by Crippen LogP contribution is 2.20. The van der Waals surface area contributed by atoms with E-state index in [1.807, 2.05) is 11.8 Å². The van der Waals surface area contributed by atoms with E-state index in [1.165, 1.54) is 25.0 Å². The molecule has 0 saturated carbocycles. The van der Waals surface area contributed by atoms with Crippen LogP contribution in [-0.2, 0) is 4.74 Å². The molecule has 0 aliphatic carbocycles. The molecular formula is C14H30N2OS. The lowest BCUT2D eigenvalue weighted by Crippen LogP contribution is -2.37. The summed E-state index contributed by atoms with van der Waals surface area (Å²) in [5.41, 5.74) is 0. The van der Waals surface area contributed by atoms with E-state index in [9.17, 15) is 0 Å². The Morgan fingerprint density at radius 1 is 1.39 bits per heavy atom. The van der Waals surface area contributed by atoms with E-state index in [1.54, 1.807) is 0 Å². The summed E-state index contributed by atoms with van der Waals surface area (Å²) in [7, 11) is 2.23. The average Bonchev–Trinajstić information content (AvgIpc) is 2.80. The number of nitrogens with one attached hydrogen (secondary N) is 1. The van der Waals surface area contributed by atoms with E-state index >= 15 is 0 Å². The summed E-state index contributed by atoms with van der Waals surface area (Å²) in [6, 6.07) is 0.661. The molecule has 1 aliphatic heterocycles. The number of thioether (sulfide) groups is 1. The fraction of sp³-hybridized carbons (Fsp3) is 1.00. The second-order valence-electron chi connectivity index (χ2n) is 5.34. The Kier molecular flexibility index (Phi) is 8.31. The van der Waals surface area contributed by atoms with Crippen molar-refractivity contribution < 1.29 is 4.74 Å². The third kappa shape index (κ3) is 5.91. The van der Waals surface area contributed by atoms with Crippen molar-refractivity contribution in [3.8, 4) is 0 Å². The van der Waals surface area contributed by atoms with E-state index < -0.39 is 0 Å². The molecule has 1 rings (SSSR count). The molecule has 1 heterocycles. The van der Waals surface area contributed by atoms with Gasteiger partial charge < -0.3 is 15.0 Å². The first-order chi connectivity index (χ1) is 8.67. The zero-order valence-electron chi connectivity index (χ0n) is 12.4. The van der Waals surface area contributed by atoms with Gasteiger partial charge in [-0.2, -0.15) is 11.8 Å². The van der Waals surface area contributed by atoms with Gasteiger partial charge in [0.05, 0.1) is 12.2 Å². The first-order valence-electron chi connectivity index (χ1n) is 7.22. The zero-order valence-corrected chi connectivity index (χ0v) is 13.3. The second-order valence-corrected chi connectivity index (χ2v) is 6.32. The van der Waals surface area contributed by atoms with Crippen LogP contribution in [0.25, 0.3) is 0 Å². The van der Waals surface area contributed by atoms with Crippen LogP contribution in [0, 0.1) is 0 Å². The lowest BCUT2D eigenvalue weighted by atomic mass is 10.1. The maximum atomic E-state index is 6.08. The molecular weight excluding hydrogens is 244 g/mol. The Bertz CT molecular complexity index is 216. The molecule has 4 heteroatoms. The van der Waals surface area contributed by atoms with Gasteiger partial charge in [0.1, 0.15) is 0 Å². The number of likely N-dealkylation sites (N-methyl/N-ethyl adjacent to an activating group) is 2. The molecule has 1 N–H and O–H groups in total. The predicted octanol–water partition coefficient (Wildman–Crippen LogP) is 2.22. The quantitative estimate of drug-likeness (QED) is 0.697. The Balaban J connectivity index is 2.18. The molecule has 1 saturated heterocycles. The summed E-state index contributed by atoms with van der Waals surface area (Å²) < 4.78 is 6.08. The zero-order chi connectivity index (χ0) is 13.4. The summed E-state index contributed by atoms with van der Waals surface area (Å²) in [6.45, 7) is 7.60. The molecule has 1 fully saturated rings. The van der Waals surface area contributed by atoms with Gasteiger partial charge in [-0.15, -0.1) is 0 Å². The number of hydrogen-bond donors (Lipinski definition) is 1. The van der Waals surface area contributed by atoms with Crippen molar-refractivity contribution in [3.63, 3.8) is 0 Å². The molecule has 0 aromatic rings. The molecule has 0 amide bonds. The van der Waals surface area contributed by atoms with Crippen molar-refractivity contribution in [2.24, 2.45) is 0 Å². The van der Waals surface area contributed by atoms with Crippen LogP contribution in [0.3, 0.4) is 0 Å². The molecule has 108 valence electrons. The summed E-state index contributed by atoms with van der Waals surface area (Å²) >= 11 is 1.93. The maximum absolute atomic E-state index is 6.08. The van der Waals surface area contributed by atoms with Crippen LogP contribution in [-0.4, -0.2) is 61.8 Å². The fourth-order valence-corrected chi connectivity index (χ4v) is 2.96. The standard InChI is InChI=1S/C14H30N2OS/c1-5-15-10-13-6-7-14(17-13)11-16(3)12(2)8-9-18-4/h12-15H,5-11H2,1-4H3. The Morgan fingerprint density at radius 2 is 2.11 bits per heavy atom. The second kappa shape index (κ2) is 9.18. The third-order valence-electron chi connectivity index (χ3n) is 3.80. The van der Waals surface area contributed by atoms with E-state index in [4.69, 9.17) is 4.74 Å². The summed E-state index contributed by atoms with van der Waals surface area (Å²) in [6.07, 6.45) is 6.75. The van der Waals surface area contributed by atoms with E-state index in [2.05, 4.69) is 37.4 Å². The number of ether oxygens (including phenoxy) is 1. The van der Waals surface area contributed by atoms with Crippen molar-refractivity contribution in [2.45, 2.75) is 51.4 Å². The van der Waals surface area contributed by atoms with Gasteiger partial charge in [0.15, 0.2) is 0 Å². The molecule has 0 radical (unpaired) electrons. The summed E-state index contributed by atoms with van der Waals surface area (Å²) in [5, 5.41) is 3.37. The number of hydrogen-bond acceptors (Lipinski definition) is 4. The first-order valence-corrected chi connectivity index (χ1v) is 8.62. The third-order valence-corrected chi connectivity index (χ3v) is 4.45. The van der Waals surface area contributed by atoms with Crippen molar-refractivity contribution in [2.75, 3.05) is 38.7 Å². The highest BCUT2D eigenvalue weighted by atomic mass is 32.2. The predicted molar refractivity (Wildman–Crippen MR) is 81.5 cm³/mol. The van der Waals surface area contributed by atoms with Crippen LogP contribution in [0.15, 0.2) is 0 Å². The first kappa shape index (κ1) is 16.3. The number of rotatable bonds is 9. The minimum atomic E-state index is 0.435. The van der Waals surface area contributed by atoms with E-state index in [-0.39, 0.29) is 0 Å². The molecule has 0 spiro atoms. The molecule has 0 aromatic heterocycles. The van der Waals surface area contributed by atoms with Crippen molar-refractivity contribution >= 4 is 11.8 Å². The van der Waals surface area contributed by atoms with Gasteiger partial charge in [-0.25, -0.2) is 0 Å². The lowest BCUT2D eigenvalue weighted by Gasteiger charge is -2.27. The Labute approximate surface area is 117 Å². The van der Waals surface area contributed by atoms with Gasteiger partial charge >= 0.3 is 0 Å². The van der Waals surface area contributed by atoms with Gasteiger partial charge in [0, 0.05) is 19.1 Å². The average molecular weight is 274 g/mol. The topological polar surface area (TPSA) is 24.5 Å². The molecule has 3 atom stereocenters. The van der Waals surface area contributed by atoms with Gasteiger partial charge in [0.2, 0.25) is 0 Å². The molecule has 18 heavy (non-hydrogen) atoms. The van der Waals surface area contributed by atoms with Crippen LogP contribution in [0.4, 0.5) is 0 Å². The van der Waals surface area contributed by atoms with E-state index in [0.717, 1.165) is 19.6 Å².